The Balaban J connectivity index is 1.62. The predicted octanol–water partition coefficient (Wildman–Crippen LogP) is 1.73. The Morgan fingerprint density at radius 2 is 1.86 bits per heavy atom. The SMILES string of the molecule is CCN1C[C@]2(COC)CC[C@H](OC)[C@@]34[C@@H]5C[C@H]6[C@H](OC(C)=O)[C@@H]5[C@](O)(C[C@@H]6OC)[C@@H]([C@@H](OC)[C@H]23)[C@@H]14. The summed E-state index contributed by atoms with van der Waals surface area (Å²) in [7, 11) is 7.20. The summed E-state index contributed by atoms with van der Waals surface area (Å²) in [6.07, 6.45) is 2.88. The van der Waals surface area contributed by atoms with Gasteiger partial charge in [0.2, 0.25) is 0 Å². The average molecular weight is 494 g/mol. The maximum absolute atomic E-state index is 12.9. The van der Waals surface area contributed by atoms with E-state index in [-0.39, 0.29) is 76.8 Å². The third-order valence-electron chi connectivity index (χ3n) is 11.6. The highest BCUT2D eigenvalue weighted by atomic mass is 16.5. The van der Waals surface area contributed by atoms with Crippen molar-refractivity contribution in [2.45, 2.75) is 75.6 Å². The maximum Gasteiger partial charge on any atom is 0.302 e. The smallest absolute Gasteiger partial charge is 0.302 e. The first-order valence-electron chi connectivity index (χ1n) is 13.5. The monoisotopic (exact) mass is 493 g/mol. The Labute approximate surface area is 208 Å². The summed E-state index contributed by atoms with van der Waals surface area (Å²) >= 11 is 0. The second-order valence-electron chi connectivity index (χ2n) is 12.3. The number of rotatable bonds is 7. The van der Waals surface area contributed by atoms with Crippen LogP contribution in [0.15, 0.2) is 0 Å². The largest absolute Gasteiger partial charge is 0.462 e. The number of ether oxygens (including phenoxy) is 5. The number of aliphatic hydroxyl groups is 1. The molecular weight excluding hydrogens is 450 g/mol. The van der Waals surface area contributed by atoms with Crippen LogP contribution in [0.4, 0.5) is 0 Å². The van der Waals surface area contributed by atoms with Crippen molar-refractivity contribution in [1.29, 1.82) is 0 Å². The van der Waals surface area contributed by atoms with Crippen LogP contribution in [0.5, 0.6) is 0 Å². The first-order chi connectivity index (χ1) is 16.8. The molecule has 0 unspecified atom stereocenters. The zero-order valence-electron chi connectivity index (χ0n) is 22.1. The van der Waals surface area contributed by atoms with Gasteiger partial charge in [-0.3, -0.25) is 9.69 Å². The number of hydrogen-bond donors (Lipinski definition) is 1. The summed E-state index contributed by atoms with van der Waals surface area (Å²) in [6, 6.07) is 0.149. The van der Waals surface area contributed by atoms with Gasteiger partial charge in [0.05, 0.1) is 30.5 Å². The Bertz CT molecular complexity index is 870. The molecule has 8 heteroatoms. The van der Waals surface area contributed by atoms with Gasteiger partial charge in [0.25, 0.3) is 0 Å². The highest BCUT2D eigenvalue weighted by Crippen LogP contribution is 2.79. The van der Waals surface area contributed by atoms with E-state index in [0.29, 0.717) is 13.0 Å². The van der Waals surface area contributed by atoms with Gasteiger partial charge in [0, 0.05) is 88.9 Å². The molecule has 0 amide bonds. The van der Waals surface area contributed by atoms with E-state index in [1.807, 2.05) is 21.3 Å². The summed E-state index contributed by atoms with van der Waals surface area (Å²) < 4.78 is 30.8. The van der Waals surface area contributed by atoms with E-state index >= 15 is 0 Å². The zero-order valence-corrected chi connectivity index (χ0v) is 22.1. The molecule has 35 heavy (non-hydrogen) atoms. The minimum atomic E-state index is -1.04. The third kappa shape index (κ3) is 2.72. The lowest BCUT2D eigenvalue weighted by Gasteiger charge is -2.69. The van der Waals surface area contributed by atoms with E-state index in [1.165, 1.54) is 6.92 Å². The number of carbonyl (C=O) groups is 1. The van der Waals surface area contributed by atoms with Crippen molar-refractivity contribution >= 4 is 5.97 Å². The van der Waals surface area contributed by atoms with Crippen molar-refractivity contribution in [2.75, 3.05) is 48.1 Å². The lowest BCUT2D eigenvalue weighted by atomic mass is 9.43. The molecule has 1 spiro atoms. The predicted molar refractivity (Wildman–Crippen MR) is 127 cm³/mol. The van der Waals surface area contributed by atoms with Crippen molar-refractivity contribution in [2.24, 2.45) is 40.4 Å². The second kappa shape index (κ2) is 8.11. The standard InChI is InChI=1S/C27H43NO7/c1-7-28-12-25(13-31-3)9-8-18(33-5)27-16-10-15-17(32-4)11-26(30,19(16)21(15)35-14(2)29)20(24(27)28)22(34-6)23(25)27/h15-24,30H,7-13H2,1-6H3/t15-,16-,17+,18+,19-,20+,21+,22-,23-,24-,25+,26-,27+/m1/s1. The summed E-state index contributed by atoms with van der Waals surface area (Å²) in [5, 5.41) is 12.9. The average Bonchev–Trinajstić information content (AvgIpc) is 3.25. The number of esters is 1. The second-order valence-corrected chi connectivity index (χ2v) is 12.3. The quantitative estimate of drug-likeness (QED) is 0.537. The molecule has 5 aliphatic carbocycles. The molecule has 5 saturated carbocycles. The molecule has 1 heterocycles. The zero-order chi connectivity index (χ0) is 24.9. The molecule has 6 rings (SSSR count). The van der Waals surface area contributed by atoms with E-state index in [2.05, 4.69) is 11.8 Å². The van der Waals surface area contributed by atoms with Crippen LogP contribution in [0.3, 0.4) is 0 Å². The van der Waals surface area contributed by atoms with Crippen molar-refractivity contribution in [1.82, 2.24) is 4.90 Å². The summed E-state index contributed by atoms with van der Waals surface area (Å²) in [5.74, 6) is -0.0732. The van der Waals surface area contributed by atoms with E-state index in [9.17, 15) is 9.90 Å². The minimum Gasteiger partial charge on any atom is -0.462 e. The molecule has 0 aromatic carbocycles. The fourth-order valence-electron chi connectivity index (χ4n) is 11.3. The summed E-state index contributed by atoms with van der Waals surface area (Å²) in [6.45, 7) is 6.26. The number of fused-ring (bicyclic) bond motifs is 2. The number of hydrogen-bond acceptors (Lipinski definition) is 8. The van der Waals surface area contributed by atoms with Gasteiger partial charge in [-0.1, -0.05) is 6.92 Å². The van der Waals surface area contributed by atoms with Crippen molar-refractivity contribution in [3.8, 4) is 0 Å². The first-order valence-corrected chi connectivity index (χ1v) is 13.5. The molecular formula is C27H43NO7. The van der Waals surface area contributed by atoms with Crippen molar-refractivity contribution in [3.63, 3.8) is 0 Å². The fraction of sp³-hybridized carbons (Fsp3) is 0.963. The van der Waals surface area contributed by atoms with Crippen LogP contribution < -0.4 is 0 Å². The van der Waals surface area contributed by atoms with Gasteiger partial charge >= 0.3 is 5.97 Å². The van der Waals surface area contributed by atoms with Gasteiger partial charge in [-0.05, 0) is 31.7 Å². The molecule has 8 nitrogen and oxygen atoms in total. The number of piperidine rings is 1. The molecule has 1 saturated heterocycles. The molecule has 1 aliphatic heterocycles. The highest BCUT2D eigenvalue weighted by molar-refractivity contribution is 5.66. The van der Waals surface area contributed by atoms with E-state index in [4.69, 9.17) is 23.7 Å². The van der Waals surface area contributed by atoms with Crippen LogP contribution in [0, 0.1) is 40.4 Å². The lowest BCUT2D eigenvalue weighted by Crippen LogP contribution is -2.76. The normalized spacial score (nSPS) is 55.7. The highest BCUT2D eigenvalue weighted by Gasteiger charge is 2.86. The van der Waals surface area contributed by atoms with Crippen LogP contribution in [-0.4, -0.2) is 100 Å². The molecule has 198 valence electrons. The van der Waals surface area contributed by atoms with Gasteiger partial charge in [-0.25, -0.2) is 0 Å². The molecule has 13 atom stereocenters. The molecule has 6 aliphatic rings. The number of carbonyl (C=O) groups excluding carboxylic acids is 1. The van der Waals surface area contributed by atoms with Gasteiger partial charge in [0.1, 0.15) is 6.10 Å². The van der Waals surface area contributed by atoms with Crippen LogP contribution in [-0.2, 0) is 28.5 Å². The van der Waals surface area contributed by atoms with E-state index < -0.39 is 5.60 Å². The lowest BCUT2D eigenvalue weighted by molar-refractivity contribution is -0.277. The van der Waals surface area contributed by atoms with Crippen LogP contribution in [0.2, 0.25) is 0 Å². The van der Waals surface area contributed by atoms with Gasteiger partial charge in [0.15, 0.2) is 0 Å². The van der Waals surface area contributed by atoms with Crippen LogP contribution in [0.1, 0.15) is 39.5 Å². The van der Waals surface area contributed by atoms with Gasteiger partial charge in [-0.2, -0.15) is 0 Å². The Kier molecular flexibility index (Phi) is 5.69. The van der Waals surface area contributed by atoms with Crippen molar-refractivity contribution in [3.05, 3.63) is 0 Å². The van der Waals surface area contributed by atoms with Crippen LogP contribution in [0.25, 0.3) is 0 Å². The van der Waals surface area contributed by atoms with Gasteiger partial charge in [-0.15, -0.1) is 0 Å². The summed E-state index contributed by atoms with van der Waals surface area (Å²) in [4.78, 5) is 14.9. The Hall–Kier alpha value is -0.770. The molecule has 0 aromatic rings. The Morgan fingerprint density at radius 3 is 2.46 bits per heavy atom. The minimum absolute atomic E-state index is 0.0591. The Morgan fingerprint density at radius 1 is 1.09 bits per heavy atom. The fourth-order valence-corrected chi connectivity index (χ4v) is 11.3. The maximum atomic E-state index is 12.9. The van der Waals surface area contributed by atoms with Crippen molar-refractivity contribution < 1.29 is 33.6 Å². The van der Waals surface area contributed by atoms with E-state index in [0.717, 1.165) is 32.4 Å². The topological polar surface area (TPSA) is 86.7 Å². The number of nitrogens with zero attached hydrogens (tertiary/aromatic N) is 1. The molecule has 1 N–H and O–H groups in total. The molecule has 0 radical (unpaired) electrons. The number of likely N-dealkylation sites (tertiary alicyclic amines) is 1. The van der Waals surface area contributed by atoms with Crippen LogP contribution >= 0.6 is 0 Å². The summed E-state index contributed by atoms with van der Waals surface area (Å²) in [5.41, 5.74) is -1.30. The van der Waals surface area contributed by atoms with Gasteiger partial charge < -0.3 is 28.8 Å². The first kappa shape index (κ1) is 24.6. The molecule has 7 bridgehead atoms. The third-order valence-corrected chi connectivity index (χ3v) is 11.6. The number of methoxy groups -OCH3 is 4. The molecule has 6 fully saturated rings. The molecule has 0 aromatic heterocycles. The van der Waals surface area contributed by atoms with E-state index in [1.54, 1.807) is 7.11 Å².